The van der Waals surface area contributed by atoms with Gasteiger partial charge in [0.2, 0.25) is 5.95 Å². The van der Waals surface area contributed by atoms with Gasteiger partial charge in [-0.2, -0.15) is 4.98 Å². The van der Waals surface area contributed by atoms with Crippen LogP contribution in [0.2, 0.25) is 0 Å². The Morgan fingerprint density at radius 3 is 2.96 bits per heavy atom. The molecule has 7 nitrogen and oxygen atoms in total. The molecule has 3 rings (SSSR count). The van der Waals surface area contributed by atoms with Gasteiger partial charge in [0.1, 0.15) is 0 Å². The molecule has 1 unspecified atom stereocenters. The van der Waals surface area contributed by atoms with Gasteiger partial charge in [0.15, 0.2) is 11.6 Å². The Morgan fingerprint density at radius 1 is 1.46 bits per heavy atom. The predicted molar refractivity (Wildman–Crippen MR) is 84.8 cm³/mol. The summed E-state index contributed by atoms with van der Waals surface area (Å²) in [6.07, 6.45) is 1.90. The number of nitrogens with zero attached hydrogens (tertiary/aromatic N) is 4. The number of carboxylic acid groups (broad SMARTS) is 1. The molecule has 0 spiro atoms. The minimum absolute atomic E-state index is 0.211. The van der Waals surface area contributed by atoms with E-state index in [0.29, 0.717) is 19.1 Å². The normalized spacial score (nSPS) is 17.8. The van der Waals surface area contributed by atoms with Crippen molar-refractivity contribution < 1.29 is 19.0 Å². The molecule has 2 heterocycles. The maximum absolute atomic E-state index is 13.6. The first-order valence-electron chi connectivity index (χ1n) is 7.81. The second-order valence-corrected chi connectivity index (χ2v) is 5.86. The Morgan fingerprint density at radius 2 is 2.25 bits per heavy atom. The number of piperidine rings is 1. The average molecular weight is 334 g/mol. The maximum Gasteiger partial charge on any atom is 0.375 e. The van der Waals surface area contributed by atoms with Crippen LogP contribution in [-0.2, 0) is 7.05 Å². The second kappa shape index (κ2) is 6.86. The van der Waals surface area contributed by atoms with Crippen molar-refractivity contribution in [3.05, 3.63) is 35.9 Å². The minimum Gasteiger partial charge on any atom is -0.490 e. The molecule has 0 amide bonds. The summed E-state index contributed by atoms with van der Waals surface area (Å²) in [5.41, 5.74) is 0. The quantitative estimate of drug-likeness (QED) is 0.900. The van der Waals surface area contributed by atoms with Gasteiger partial charge in [0.25, 0.3) is 5.82 Å². The van der Waals surface area contributed by atoms with E-state index in [1.165, 1.54) is 10.7 Å². The Hall–Kier alpha value is -2.64. The van der Waals surface area contributed by atoms with Gasteiger partial charge in [0.05, 0.1) is 6.61 Å². The molecule has 0 radical (unpaired) electrons. The number of halogens is 1. The number of aryl methyl sites for hydroxylation is 1. The number of aromatic carboxylic acids is 1. The molecular formula is C16H19FN4O3. The van der Waals surface area contributed by atoms with Crippen LogP contribution in [0.1, 0.15) is 23.5 Å². The molecule has 1 aromatic carbocycles. The third-order valence-electron chi connectivity index (χ3n) is 4.04. The van der Waals surface area contributed by atoms with E-state index < -0.39 is 5.97 Å². The molecule has 1 saturated heterocycles. The summed E-state index contributed by atoms with van der Waals surface area (Å²) >= 11 is 0. The molecule has 1 fully saturated rings. The number of ether oxygens (including phenoxy) is 1. The zero-order chi connectivity index (χ0) is 17.1. The largest absolute Gasteiger partial charge is 0.490 e. The monoisotopic (exact) mass is 334 g/mol. The first-order chi connectivity index (χ1) is 11.5. The van der Waals surface area contributed by atoms with Crippen LogP contribution >= 0.6 is 0 Å². The van der Waals surface area contributed by atoms with Crippen molar-refractivity contribution in [2.75, 3.05) is 24.6 Å². The van der Waals surface area contributed by atoms with E-state index in [2.05, 4.69) is 10.1 Å². The first kappa shape index (κ1) is 16.2. The van der Waals surface area contributed by atoms with E-state index in [0.717, 1.165) is 19.4 Å². The standard InChI is InChI=1S/C16H19FN4O3/c1-20-16(18-14(19-20)15(22)23)21-8-4-5-11(9-21)10-24-13-7-3-2-6-12(13)17/h2-3,6-7,11H,4-5,8-10H2,1H3,(H,22,23). The molecule has 1 aromatic heterocycles. The van der Waals surface area contributed by atoms with E-state index in [9.17, 15) is 9.18 Å². The molecule has 1 atom stereocenters. The van der Waals surface area contributed by atoms with Crippen LogP contribution in [-0.4, -0.2) is 45.5 Å². The smallest absolute Gasteiger partial charge is 0.375 e. The Labute approximate surface area is 138 Å². The molecule has 1 N–H and O–H groups in total. The topological polar surface area (TPSA) is 80.5 Å². The number of benzene rings is 1. The van der Waals surface area contributed by atoms with Gasteiger partial charge in [0, 0.05) is 26.1 Å². The molecular weight excluding hydrogens is 315 g/mol. The molecule has 128 valence electrons. The highest BCUT2D eigenvalue weighted by atomic mass is 19.1. The van der Waals surface area contributed by atoms with Crippen LogP contribution in [0.3, 0.4) is 0 Å². The van der Waals surface area contributed by atoms with Crippen LogP contribution in [0.25, 0.3) is 0 Å². The summed E-state index contributed by atoms with van der Waals surface area (Å²) in [7, 11) is 1.67. The van der Waals surface area contributed by atoms with Gasteiger partial charge in [-0.1, -0.05) is 12.1 Å². The lowest BCUT2D eigenvalue weighted by molar-refractivity contribution is 0.0683. The van der Waals surface area contributed by atoms with Crippen LogP contribution in [0.5, 0.6) is 5.75 Å². The summed E-state index contributed by atoms with van der Waals surface area (Å²) in [5, 5.41) is 12.9. The maximum atomic E-state index is 13.6. The lowest BCUT2D eigenvalue weighted by Crippen LogP contribution is -2.39. The van der Waals surface area contributed by atoms with E-state index in [1.54, 1.807) is 25.2 Å². The minimum atomic E-state index is -1.15. The zero-order valence-electron chi connectivity index (χ0n) is 13.4. The Bertz CT molecular complexity index is 734. The lowest BCUT2D eigenvalue weighted by atomic mass is 9.99. The SMILES string of the molecule is Cn1nc(C(=O)O)nc1N1CCCC(COc2ccccc2F)C1. The van der Waals surface area contributed by atoms with E-state index in [1.807, 2.05) is 4.90 Å². The van der Waals surface area contributed by atoms with Crippen molar-refractivity contribution in [2.45, 2.75) is 12.8 Å². The van der Waals surface area contributed by atoms with Gasteiger partial charge < -0.3 is 14.7 Å². The number of aromatic nitrogens is 3. The number of carboxylic acids is 1. The van der Waals surface area contributed by atoms with Crippen LogP contribution in [0, 0.1) is 11.7 Å². The Balaban J connectivity index is 1.64. The van der Waals surface area contributed by atoms with Crippen molar-refractivity contribution >= 4 is 11.9 Å². The fraction of sp³-hybridized carbons (Fsp3) is 0.438. The molecule has 2 aromatic rings. The summed E-state index contributed by atoms with van der Waals surface area (Å²) in [6, 6.07) is 6.34. The average Bonchev–Trinajstić information content (AvgIpc) is 2.97. The second-order valence-electron chi connectivity index (χ2n) is 5.86. The number of carbonyl (C=O) groups is 1. The van der Waals surface area contributed by atoms with Crippen molar-refractivity contribution in [1.29, 1.82) is 0 Å². The zero-order valence-corrected chi connectivity index (χ0v) is 13.4. The third-order valence-corrected chi connectivity index (χ3v) is 4.04. The highest BCUT2D eigenvalue weighted by molar-refractivity contribution is 5.83. The molecule has 8 heteroatoms. The van der Waals surface area contributed by atoms with Gasteiger partial charge in [-0.15, -0.1) is 5.10 Å². The summed E-state index contributed by atoms with van der Waals surface area (Å²) in [5.74, 6) is -0.733. The number of rotatable bonds is 5. The highest BCUT2D eigenvalue weighted by Crippen LogP contribution is 2.23. The van der Waals surface area contributed by atoms with E-state index in [-0.39, 0.29) is 23.3 Å². The van der Waals surface area contributed by atoms with Crippen molar-refractivity contribution in [1.82, 2.24) is 14.8 Å². The summed E-state index contributed by atoms with van der Waals surface area (Å²) in [4.78, 5) is 17.1. The predicted octanol–water partition coefficient (Wildman–Crippen LogP) is 1.95. The van der Waals surface area contributed by atoms with Crippen molar-refractivity contribution in [2.24, 2.45) is 13.0 Å². The summed E-state index contributed by atoms with van der Waals surface area (Å²) in [6.45, 7) is 1.85. The van der Waals surface area contributed by atoms with Crippen LogP contribution < -0.4 is 9.64 Å². The van der Waals surface area contributed by atoms with Gasteiger partial charge in [-0.05, 0) is 25.0 Å². The summed E-state index contributed by atoms with van der Waals surface area (Å²) < 4.78 is 20.7. The van der Waals surface area contributed by atoms with Gasteiger partial charge in [-0.3, -0.25) is 0 Å². The van der Waals surface area contributed by atoms with E-state index in [4.69, 9.17) is 9.84 Å². The first-order valence-corrected chi connectivity index (χ1v) is 7.81. The fourth-order valence-electron chi connectivity index (χ4n) is 2.89. The van der Waals surface area contributed by atoms with E-state index >= 15 is 0 Å². The van der Waals surface area contributed by atoms with Crippen LogP contribution in [0.15, 0.2) is 24.3 Å². The molecule has 24 heavy (non-hydrogen) atoms. The van der Waals surface area contributed by atoms with Crippen molar-refractivity contribution in [3.63, 3.8) is 0 Å². The highest BCUT2D eigenvalue weighted by Gasteiger charge is 2.25. The third kappa shape index (κ3) is 3.47. The number of para-hydroxylation sites is 1. The Kier molecular flexibility index (Phi) is 4.64. The van der Waals surface area contributed by atoms with Gasteiger partial charge in [-0.25, -0.2) is 13.9 Å². The number of anilines is 1. The van der Waals surface area contributed by atoms with Crippen LogP contribution in [0.4, 0.5) is 10.3 Å². The van der Waals surface area contributed by atoms with Crippen molar-refractivity contribution in [3.8, 4) is 5.75 Å². The molecule has 1 aliphatic heterocycles. The fourth-order valence-corrected chi connectivity index (χ4v) is 2.89. The molecule has 0 saturated carbocycles. The van der Waals surface area contributed by atoms with Gasteiger partial charge >= 0.3 is 5.97 Å². The molecule has 0 aliphatic carbocycles. The molecule has 1 aliphatic rings. The lowest BCUT2D eigenvalue weighted by Gasteiger charge is -2.32. The number of hydrogen-bond donors (Lipinski definition) is 1. The number of hydrogen-bond acceptors (Lipinski definition) is 5. The molecule has 0 bridgehead atoms.